The number of hydrogen-bond donors (Lipinski definition) is 2. The molecule has 6 heteroatoms. The van der Waals surface area contributed by atoms with Crippen LogP contribution in [0.4, 0.5) is 10.1 Å². The fraction of sp³-hybridized carbons (Fsp3) is 0.125. The van der Waals surface area contributed by atoms with Gasteiger partial charge in [-0.3, -0.25) is 4.79 Å². The molecule has 2 aromatic carbocycles. The molecule has 0 spiro atoms. The van der Waals surface area contributed by atoms with Crippen molar-refractivity contribution in [3.8, 4) is 0 Å². The number of anilines is 1. The van der Waals surface area contributed by atoms with Gasteiger partial charge < -0.3 is 5.32 Å². The number of carbonyl (C=O) groups excluding carboxylic acids is 1. The van der Waals surface area contributed by atoms with Crippen molar-refractivity contribution in [3.63, 3.8) is 0 Å². The van der Waals surface area contributed by atoms with Gasteiger partial charge in [-0.05, 0) is 31.2 Å². The first-order chi connectivity index (χ1) is 10.6. The molecule has 0 aliphatic heterocycles. The number of hydrogen-bond acceptors (Lipinski definition) is 3. The Morgan fingerprint density at radius 3 is 2.68 bits per heavy atom. The van der Waals surface area contributed by atoms with Crippen molar-refractivity contribution in [2.45, 2.75) is 6.92 Å². The van der Waals surface area contributed by atoms with Crippen molar-refractivity contribution in [2.24, 2.45) is 5.10 Å². The maximum Gasteiger partial charge on any atom is 0.259 e. The highest BCUT2D eigenvalue weighted by Crippen LogP contribution is 2.16. The minimum Gasteiger partial charge on any atom is -0.376 e. The van der Waals surface area contributed by atoms with Crippen molar-refractivity contribution in [1.29, 1.82) is 0 Å². The number of hydrazone groups is 1. The number of benzene rings is 2. The molecule has 22 heavy (non-hydrogen) atoms. The van der Waals surface area contributed by atoms with Gasteiger partial charge in [0.15, 0.2) is 0 Å². The summed E-state index contributed by atoms with van der Waals surface area (Å²) < 4.78 is 13.5. The van der Waals surface area contributed by atoms with Crippen LogP contribution >= 0.6 is 11.6 Å². The van der Waals surface area contributed by atoms with E-state index in [-0.39, 0.29) is 23.0 Å². The Balaban J connectivity index is 1.85. The highest BCUT2D eigenvalue weighted by Gasteiger charge is 2.04. The van der Waals surface area contributed by atoms with Crippen LogP contribution in [0.25, 0.3) is 0 Å². The van der Waals surface area contributed by atoms with E-state index in [0.717, 1.165) is 11.3 Å². The third-order valence-electron chi connectivity index (χ3n) is 2.89. The van der Waals surface area contributed by atoms with E-state index in [1.54, 1.807) is 6.07 Å². The van der Waals surface area contributed by atoms with Crippen molar-refractivity contribution in [2.75, 3.05) is 11.9 Å². The average Bonchev–Trinajstić information content (AvgIpc) is 2.50. The van der Waals surface area contributed by atoms with Crippen molar-refractivity contribution in [3.05, 3.63) is 64.4 Å². The van der Waals surface area contributed by atoms with Crippen molar-refractivity contribution >= 4 is 29.4 Å². The Bertz CT molecular complexity index is 666. The second kappa shape index (κ2) is 7.56. The van der Waals surface area contributed by atoms with Crippen LogP contribution in [0.2, 0.25) is 5.02 Å². The largest absolute Gasteiger partial charge is 0.376 e. The Kier molecular flexibility index (Phi) is 5.49. The molecular formula is C16H15ClFN3O. The van der Waals surface area contributed by atoms with Crippen LogP contribution in [0.3, 0.4) is 0 Å². The second-order valence-corrected chi connectivity index (χ2v) is 5.06. The van der Waals surface area contributed by atoms with Crippen LogP contribution in [-0.2, 0) is 4.79 Å². The number of aryl methyl sites for hydroxylation is 1. The van der Waals surface area contributed by atoms with E-state index >= 15 is 0 Å². The molecule has 2 N–H and O–H groups in total. The predicted octanol–water partition coefficient (Wildman–Crippen LogP) is 3.35. The summed E-state index contributed by atoms with van der Waals surface area (Å²) in [5.74, 6) is -0.840. The molecule has 4 nitrogen and oxygen atoms in total. The molecule has 0 bridgehead atoms. The first-order valence-electron chi connectivity index (χ1n) is 6.63. The minimum atomic E-state index is -0.497. The molecule has 0 radical (unpaired) electrons. The fourth-order valence-corrected chi connectivity index (χ4v) is 1.91. The SMILES string of the molecule is Cc1ccc(NCC(=O)N/N=C\c2c(F)cccc2Cl)cc1. The summed E-state index contributed by atoms with van der Waals surface area (Å²) in [7, 11) is 0. The van der Waals surface area contributed by atoms with E-state index in [9.17, 15) is 9.18 Å². The van der Waals surface area contributed by atoms with Gasteiger partial charge in [-0.15, -0.1) is 0 Å². The van der Waals surface area contributed by atoms with Gasteiger partial charge in [0, 0.05) is 11.3 Å². The summed E-state index contributed by atoms with van der Waals surface area (Å²) in [5.41, 5.74) is 4.42. The summed E-state index contributed by atoms with van der Waals surface area (Å²) in [6.45, 7) is 2.05. The van der Waals surface area contributed by atoms with Crippen LogP contribution in [0.15, 0.2) is 47.6 Å². The van der Waals surface area contributed by atoms with Crippen LogP contribution in [0.5, 0.6) is 0 Å². The molecule has 0 atom stereocenters. The molecule has 2 rings (SSSR count). The molecule has 0 aliphatic carbocycles. The van der Waals surface area contributed by atoms with E-state index in [0.29, 0.717) is 0 Å². The number of carbonyl (C=O) groups is 1. The van der Waals surface area contributed by atoms with Crippen LogP contribution < -0.4 is 10.7 Å². The molecule has 114 valence electrons. The van der Waals surface area contributed by atoms with E-state index in [2.05, 4.69) is 15.8 Å². The number of nitrogens with one attached hydrogen (secondary N) is 2. The van der Waals surface area contributed by atoms with Crippen LogP contribution in [0.1, 0.15) is 11.1 Å². The highest BCUT2D eigenvalue weighted by molar-refractivity contribution is 6.33. The molecule has 0 aliphatic rings. The normalized spacial score (nSPS) is 10.7. The highest BCUT2D eigenvalue weighted by atomic mass is 35.5. The van der Waals surface area contributed by atoms with Gasteiger partial charge >= 0.3 is 0 Å². The lowest BCUT2D eigenvalue weighted by molar-refractivity contribution is -0.119. The van der Waals surface area contributed by atoms with Gasteiger partial charge in [0.25, 0.3) is 5.91 Å². The topological polar surface area (TPSA) is 53.5 Å². The van der Waals surface area contributed by atoms with E-state index in [1.165, 1.54) is 18.3 Å². The first-order valence-corrected chi connectivity index (χ1v) is 7.00. The smallest absolute Gasteiger partial charge is 0.259 e. The lowest BCUT2D eigenvalue weighted by Gasteiger charge is -2.05. The Morgan fingerprint density at radius 1 is 1.27 bits per heavy atom. The van der Waals surface area contributed by atoms with Gasteiger partial charge in [0.1, 0.15) is 5.82 Å². The fourth-order valence-electron chi connectivity index (χ4n) is 1.70. The van der Waals surface area contributed by atoms with E-state index in [1.807, 2.05) is 31.2 Å². The van der Waals surface area contributed by atoms with Gasteiger partial charge in [-0.25, -0.2) is 9.82 Å². The monoisotopic (exact) mass is 319 g/mol. The van der Waals surface area contributed by atoms with Gasteiger partial charge in [0.2, 0.25) is 0 Å². The number of halogens is 2. The minimum absolute atomic E-state index is 0.0609. The third-order valence-corrected chi connectivity index (χ3v) is 3.22. The zero-order chi connectivity index (χ0) is 15.9. The maximum absolute atomic E-state index is 13.5. The Hall–Kier alpha value is -2.40. The van der Waals surface area contributed by atoms with Crippen molar-refractivity contribution < 1.29 is 9.18 Å². The third kappa shape index (κ3) is 4.56. The zero-order valence-electron chi connectivity index (χ0n) is 11.9. The summed E-state index contributed by atoms with van der Waals surface area (Å²) in [6, 6.07) is 12.0. The molecule has 0 fully saturated rings. The number of amides is 1. The zero-order valence-corrected chi connectivity index (χ0v) is 12.7. The molecule has 2 aromatic rings. The van der Waals surface area contributed by atoms with E-state index in [4.69, 9.17) is 11.6 Å². The summed E-state index contributed by atoms with van der Waals surface area (Å²) in [6.07, 6.45) is 1.18. The van der Waals surface area contributed by atoms with Gasteiger partial charge in [-0.2, -0.15) is 5.10 Å². The lowest BCUT2D eigenvalue weighted by Crippen LogP contribution is -2.25. The van der Waals surface area contributed by atoms with Gasteiger partial charge in [0.05, 0.1) is 17.8 Å². The molecule has 0 heterocycles. The number of nitrogens with zero attached hydrogens (tertiary/aromatic N) is 1. The number of rotatable bonds is 5. The van der Waals surface area contributed by atoms with Gasteiger partial charge in [-0.1, -0.05) is 35.4 Å². The molecular weight excluding hydrogens is 305 g/mol. The Morgan fingerprint density at radius 2 is 2.00 bits per heavy atom. The van der Waals surface area contributed by atoms with Crippen LogP contribution in [0, 0.1) is 12.7 Å². The summed E-state index contributed by atoms with van der Waals surface area (Å²) in [5, 5.41) is 6.89. The summed E-state index contributed by atoms with van der Waals surface area (Å²) >= 11 is 5.84. The average molecular weight is 320 g/mol. The molecule has 1 amide bonds. The lowest BCUT2D eigenvalue weighted by atomic mass is 10.2. The molecule has 0 unspecified atom stereocenters. The first kappa shape index (κ1) is 16.0. The second-order valence-electron chi connectivity index (χ2n) is 4.65. The molecule has 0 saturated carbocycles. The standard InChI is InChI=1S/C16H15ClFN3O/c1-11-5-7-12(8-6-11)19-10-16(22)21-20-9-13-14(17)3-2-4-15(13)18/h2-9,19H,10H2,1H3,(H,21,22)/b20-9-. The molecule has 0 saturated heterocycles. The summed E-state index contributed by atoms with van der Waals surface area (Å²) in [4.78, 5) is 11.6. The quantitative estimate of drug-likeness (QED) is 0.656. The Labute approximate surface area is 133 Å². The molecule has 0 aromatic heterocycles. The van der Waals surface area contributed by atoms with Crippen molar-refractivity contribution in [1.82, 2.24) is 5.43 Å². The predicted molar refractivity (Wildman–Crippen MR) is 86.8 cm³/mol. The maximum atomic E-state index is 13.5. The van der Waals surface area contributed by atoms with E-state index < -0.39 is 5.82 Å². The van der Waals surface area contributed by atoms with Crippen LogP contribution in [-0.4, -0.2) is 18.7 Å².